The van der Waals surface area contributed by atoms with Crippen LogP contribution in [0.4, 0.5) is 0 Å². The zero-order chi connectivity index (χ0) is 9.42. The Morgan fingerprint density at radius 2 is 2.14 bits per heavy atom. The summed E-state index contributed by atoms with van der Waals surface area (Å²) in [5.41, 5.74) is 0.808. The molecule has 0 spiro atoms. The Kier molecular flexibility index (Phi) is 3.86. The van der Waals surface area contributed by atoms with Gasteiger partial charge in [0.15, 0.2) is 0 Å². The van der Waals surface area contributed by atoms with Crippen LogP contribution in [0, 0.1) is 0 Å². The van der Waals surface area contributed by atoms with Crippen molar-refractivity contribution in [3.8, 4) is 0 Å². The molecule has 0 radical (unpaired) electrons. The zero-order valence-electron chi connectivity index (χ0n) is 7.48. The summed E-state index contributed by atoms with van der Waals surface area (Å²) in [7, 11) is 0. The van der Waals surface area contributed by atoms with Crippen LogP contribution in [0.25, 0.3) is 0 Å². The van der Waals surface area contributed by atoms with Crippen molar-refractivity contribution in [2.24, 2.45) is 0 Å². The number of hydrogen-bond donors (Lipinski definition) is 0. The van der Waals surface area contributed by atoms with Crippen LogP contribution >= 0.6 is 0 Å². The number of rotatable bonds is 1. The zero-order valence-corrected chi connectivity index (χ0v) is 10.3. The fraction of sp³-hybridized carbons (Fsp3) is 0.125. The summed E-state index contributed by atoms with van der Waals surface area (Å²) in [4.78, 5) is 11.2. The van der Waals surface area contributed by atoms with Crippen LogP contribution in [0.3, 0.4) is 0 Å². The molecule has 0 saturated heterocycles. The smallest absolute Gasteiger partial charge is 0.768 e. The summed E-state index contributed by atoms with van der Waals surface area (Å²) >= 11 is -2.31. The van der Waals surface area contributed by atoms with Gasteiger partial charge in [-0.3, -0.25) is 4.21 Å². The van der Waals surface area contributed by atoms with Gasteiger partial charge in [0.05, 0.1) is 5.56 Å². The third-order valence-electron chi connectivity index (χ3n) is 1.88. The molecule has 1 unspecified atom stereocenters. The first-order valence-electron chi connectivity index (χ1n) is 3.58. The van der Waals surface area contributed by atoms with E-state index in [1.165, 1.54) is 12.1 Å². The third-order valence-corrected chi connectivity index (χ3v) is 2.62. The molecule has 1 atom stereocenters. The number of carbonyl (C=O) groups excluding carboxylic acids is 1. The van der Waals surface area contributed by atoms with Crippen molar-refractivity contribution in [3.05, 3.63) is 29.3 Å². The molecule has 1 heterocycles. The molecule has 2 rings (SSSR count). The van der Waals surface area contributed by atoms with Crippen LogP contribution in [0.2, 0.25) is 0 Å². The van der Waals surface area contributed by atoms with E-state index >= 15 is 0 Å². The second kappa shape index (κ2) is 4.55. The van der Waals surface area contributed by atoms with Gasteiger partial charge in [-0.05, 0) is 23.2 Å². The van der Waals surface area contributed by atoms with Crippen molar-refractivity contribution in [2.45, 2.75) is 11.5 Å². The summed E-state index contributed by atoms with van der Waals surface area (Å²) in [6, 6.07) is 4.53. The van der Waals surface area contributed by atoms with Crippen LogP contribution in [0.1, 0.15) is 15.9 Å². The maximum atomic E-state index is 11.0. The molecular weight excluding hydrogens is 215 g/mol. The van der Waals surface area contributed by atoms with E-state index in [2.05, 4.69) is 0 Å². The first kappa shape index (κ1) is 11.9. The van der Waals surface area contributed by atoms with Crippen molar-refractivity contribution in [3.63, 3.8) is 0 Å². The van der Waals surface area contributed by atoms with E-state index in [9.17, 15) is 13.6 Å². The number of carbonyl (C=O) groups is 1. The Bertz CT molecular complexity index is 404. The summed E-state index contributed by atoms with van der Waals surface area (Å²) in [5.74, 6) is -0.456. The fourth-order valence-electron chi connectivity index (χ4n) is 1.28. The monoisotopic (exact) mass is 220 g/mol. The first-order chi connectivity index (χ1) is 6.20. The van der Waals surface area contributed by atoms with E-state index in [0.29, 0.717) is 11.1 Å². The Labute approximate surface area is 105 Å². The molecule has 4 nitrogen and oxygen atoms in total. The number of esters is 1. The molecule has 68 valence electrons. The number of cyclic esters (lactones) is 1. The topological polar surface area (TPSA) is 66.4 Å². The van der Waals surface area contributed by atoms with Crippen LogP contribution in [-0.4, -0.2) is 14.7 Å². The second-order valence-corrected chi connectivity index (χ2v) is 3.50. The molecule has 1 aliphatic heterocycles. The molecule has 0 N–H and O–H groups in total. The van der Waals surface area contributed by atoms with Gasteiger partial charge in [0.1, 0.15) is 6.61 Å². The van der Waals surface area contributed by atoms with Gasteiger partial charge in [0.25, 0.3) is 0 Å². The maximum Gasteiger partial charge on any atom is 1.00 e. The quantitative estimate of drug-likeness (QED) is 0.300. The SMILES string of the molecule is O=C1OCc2c1cccc2S(=O)[O-].[Na+]. The normalized spacial score (nSPS) is 15.4. The molecule has 0 fully saturated rings. The molecular formula is C8H5NaO4S. The molecule has 0 aromatic heterocycles. The number of benzene rings is 1. The van der Waals surface area contributed by atoms with Gasteiger partial charge in [0.2, 0.25) is 0 Å². The van der Waals surface area contributed by atoms with E-state index in [1.54, 1.807) is 6.07 Å². The Hall–Kier alpha value is -0.200. The summed E-state index contributed by atoms with van der Waals surface area (Å²) in [5, 5.41) is 0. The maximum absolute atomic E-state index is 11.0. The molecule has 0 aliphatic carbocycles. The fourth-order valence-corrected chi connectivity index (χ4v) is 1.84. The number of ether oxygens (including phenoxy) is 1. The Morgan fingerprint density at radius 3 is 2.79 bits per heavy atom. The van der Waals surface area contributed by atoms with Gasteiger partial charge in [0, 0.05) is 10.5 Å². The largest absolute Gasteiger partial charge is 1.00 e. The van der Waals surface area contributed by atoms with Gasteiger partial charge in [-0.15, -0.1) is 0 Å². The molecule has 1 aromatic carbocycles. The van der Waals surface area contributed by atoms with Gasteiger partial charge in [-0.2, -0.15) is 0 Å². The summed E-state index contributed by atoms with van der Waals surface area (Å²) in [6.07, 6.45) is 0. The van der Waals surface area contributed by atoms with Crippen LogP contribution < -0.4 is 29.6 Å². The Morgan fingerprint density at radius 1 is 1.43 bits per heavy atom. The van der Waals surface area contributed by atoms with E-state index in [0.717, 1.165) is 0 Å². The molecule has 14 heavy (non-hydrogen) atoms. The van der Waals surface area contributed by atoms with Gasteiger partial charge < -0.3 is 9.29 Å². The number of fused-ring (bicyclic) bond motifs is 1. The minimum atomic E-state index is -2.31. The minimum absolute atomic E-state index is 0. The van der Waals surface area contributed by atoms with E-state index < -0.39 is 17.0 Å². The standard InChI is InChI=1S/C8H6O4S.Na/c9-8-5-2-1-3-7(13(10)11)6(5)4-12-8;/h1-3H,4H2,(H,10,11);/q;+1/p-1. The average Bonchev–Trinajstić information content (AvgIpc) is 2.48. The predicted molar refractivity (Wildman–Crippen MR) is 42.7 cm³/mol. The van der Waals surface area contributed by atoms with E-state index in [-0.39, 0.29) is 41.1 Å². The first-order valence-corrected chi connectivity index (χ1v) is 4.66. The van der Waals surface area contributed by atoms with Gasteiger partial charge in [-0.25, -0.2) is 4.79 Å². The van der Waals surface area contributed by atoms with Crippen molar-refractivity contribution in [1.29, 1.82) is 0 Å². The molecule has 0 bridgehead atoms. The van der Waals surface area contributed by atoms with E-state index in [4.69, 9.17) is 4.74 Å². The predicted octanol–water partition coefficient (Wildman–Crippen LogP) is -2.40. The van der Waals surface area contributed by atoms with Crippen molar-refractivity contribution in [1.82, 2.24) is 0 Å². The van der Waals surface area contributed by atoms with E-state index in [1.807, 2.05) is 0 Å². The van der Waals surface area contributed by atoms with Crippen LogP contribution in [-0.2, 0) is 22.4 Å². The van der Waals surface area contributed by atoms with Crippen molar-refractivity contribution in [2.75, 3.05) is 0 Å². The molecule has 1 aliphatic rings. The molecule has 0 amide bonds. The van der Waals surface area contributed by atoms with Crippen LogP contribution in [0.15, 0.2) is 23.1 Å². The third kappa shape index (κ3) is 1.92. The molecule has 1 aromatic rings. The Balaban J connectivity index is 0.000000980. The minimum Gasteiger partial charge on any atom is -0.768 e. The van der Waals surface area contributed by atoms with Crippen molar-refractivity contribution < 1.29 is 47.9 Å². The van der Waals surface area contributed by atoms with Gasteiger partial charge in [-0.1, -0.05) is 6.07 Å². The second-order valence-electron chi connectivity index (χ2n) is 2.59. The van der Waals surface area contributed by atoms with Gasteiger partial charge >= 0.3 is 35.5 Å². The average molecular weight is 220 g/mol. The van der Waals surface area contributed by atoms with Crippen molar-refractivity contribution >= 4 is 17.0 Å². The summed E-state index contributed by atoms with van der Waals surface area (Å²) in [6.45, 7) is 0.0539. The van der Waals surface area contributed by atoms with Crippen LogP contribution in [0.5, 0.6) is 0 Å². The summed E-state index contributed by atoms with van der Waals surface area (Å²) < 4.78 is 26.1. The number of hydrogen-bond acceptors (Lipinski definition) is 4. The molecule has 0 saturated carbocycles. The molecule has 6 heteroatoms.